The van der Waals surface area contributed by atoms with E-state index in [0.717, 1.165) is 22.8 Å². The second-order valence-electron chi connectivity index (χ2n) is 5.96. The number of aromatic amines is 1. The van der Waals surface area contributed by atoms with Crippen molar-refractivity contribution in [3.05, 3.63) is 74.4 Å². The molecule has 6 nitrogen and oxygen atoms in total. The first-order chi connectivity index (χ1) is 13.0. The molecule has 0 bridgehead atoms. The van der Waals surface area contributed by atoms with Gasteiger partial charge in [0.15, 0.2) is 0 Å². The summed E-state index contributed by atoms with van der Waals surface area (Å²) >= 11 is 5.90. The predicted octanol–water partition coefficient (Wildman–Crippen LogP) is 2.81. The van der Waals surface area contributed by atoms with Crippen LogP contribution in [-0.2, 0) is 11.2 Å². The largest absolute Gasteiger partial charge is 0.384 e. The number of pyridine rings is 2. The molecule has 138 valence electrons. The molecule has 0 saturated carbocycles. The maximum absolute atomic E-state index is 12.3. The van der Waals surface area contributed by atoms with Gasteiger partial charge in [0.2, 0.25) is 0 Å². The summed E-state index contributed by atoms with van der Waals surface area (Å²) < 4.78 is 7.09. The third kappa shape index (κ3) is 4.11. The molecular formula is C20H19ClN4O2. The number of hydrogen-bond donors (Lipinski definition) is 1. The molecule has 0 saturated heterocycles. The maximum Gasteiger partial charge on any atom is 0.253 e. The number of rotatable bonds is 4. The highest BCUT2D eigenvalue weighted by Crippen LogP contribution is 2.19. The van der Waals surface area contributed by atoms with E-state index in [1.807, 2.05) is 24.5 Å². The zero-order valence-electron chi connectivity index (χ0n) is 15.3. The van der Waals surface area contributed by atoms with E-state index >= 15 is 0 Å². The molecule has 3 aromatic rings. The fraction of sp³-hybridized carbons (Fsp3) is 0.250. The van der Waals surface area contributed by atoms with E-state index in [2.05, 4.69) is 26.8 Å². The van der Waals surface area contributed by atoms with Crippen LogP contribution in [0, 0.1) is 25.7 Å². The molecule has 27 heavy (non-hydrogen) atoms. The van der Waals surface area contributed by atoms with Crippen LogP contribution in [0.5, 0.6) is 0 Å². The van der Waals surface area contributed by atoms with E-state index in [1.165, 1.54) is 0 Å². The Morgan fingerprint density at radius 3 is 2.85 bits per heavy atom. The second-order valence-corrected chi connectivity index (χ2v) is 6.35. The number of halogens is 1. The number of methoxy groups -OCH3 is 1. The molecule has 0 radical (unpaired) electrons. The molecule has 7 heteroatoms. The van der Waals surface area contributed by atoms with E-state index in [9.17, 15) is 4.79 Å². The van der Waals surface area contributed by atoms with Gasteiger partial charge < -0.3 is 9.72 Å². The van der Waals surface area contributed by atoms with Crippen molar-refractivity contribution in [3.63, 3.8) is 0 Å². The van der Waals surface area contributed by atoms with E-state index in [0.29, 0.717) is 29.4 Å². The van der Waals surface area contributed by atoms with Crippen LogP contribution >= 0.6 is 11.6 Å². The second kappa shape index (κ2) is 8.21. The van der Waals surface area contributed by atoms with Crippen molar-refractivity contribution in [3.8, 4) is 17.5 Å². The fourth-order valence-corrected chi connectivity index (χ4v) is 3.06. The van der Waals surface area contributed by atoms with Gasteiger partial charge in [-0.1, -0.05) is 17.5 Å². The third-order valence-electron chi connectivity index (χ3n) is 4.16. The molecule has 0 atom stereocenters. The van der Waals surface area contributed by atoms with Crippen molar-refractivity contribution < 1.29 is 4.74 Å². The summed E-state index contributed by atoms with van der Waals surface area (Å²) in [5, 5.41) is 0.395. The van der Waals surface area contributed by atoms with Crippen molar-refractivity contribution in [1.29, 1.82) is 0 Å². The van der Waals surface area contributed by atoms with Gasteiger partial charge in [0, 0.05) is 37.1 Å². The van der Waals surface area contributed by atoms with Gasteiger partial charge >= 0.3 is 0 Å². The molecule has 0 unspecified atom stereocenters. The van der Waals surface area contributed by atoms with Gasteiger partial charge in [0.25, 0.3) is 5.56 Å². The molecule has 3 rings (SSSR count). The van der Waals surface area contributed by atoms with Crippen LogP contribution in [0.4, 0.5) is 0 Å². The van der Waals surface area contributed by atoms with E-state index in [4.69, 9.17) is 16.3 Å². The molecular weight excluding hydrogens is 364 g/mol. The summed E-state index contributed by atoms with van der Waals surface area (Å²) in [6.07, 6.45) is 3.76. The van der Waals surface area contributed by atoms with Crippen molar-refractivity contribution in [2.24, 2.45) is 0 Å². The minimum absolute atomic E-state index is 0.129. The van der Waals surface area contributed by atoms with Gasteiger partial charge in [0.1, 0.15) is 16.7 Å². The number of aryl methyl sites for hydroxylation is 1. The molecule has 0 amide bonds. The topological polar surface area (TPSA) is 72.8 Å². The SMILES string of the molecule is COCCc1c(-n2c(C)nc(C#Cc3ccnc(Cl)c3)c2C)cc[nH]c1=O. The summed E-state index contributed by atoms with van der Waals surface area (Å²) in [7, 11) is 1.61. The number of imidazole rings is 1. The Morgan fingerprint density at radius 1 is 1.30 bits per heavy atom. The first kappa shape index (κ1) is 18.9. The number of aromatic nitrogens is 4. The van der Waals surface area contributed by atoms with Crippen LogP contribution in [-0.4, -0.2) is 33.2 Å². The monoisotopic (exact) mass is 382 g/mol. The normalized spacial score (nSPS) is 10.5. The first-order valence-corrected chi connectivity index (χ1v) is 8.78. The Kier molecular flexibility index (Phi) is 5.75. The van der Waals surface area contributed by atoms with Gasteiger partial charge in [-0.3, -0.25) is 9.36 Å². The zero-order chi connectivity index (χ0) is 19.4. The lowest BCUT2D eigenvalue weighted by molar-refractivity contribution is 0.202. The molecule has 0 fully saturated rings. The molecule has 0 aliphatic rings. The maximum atomic E-state index is 12.3. The van der Waals surface area contributed by atoms with Gasteiger partial charge in [0.05, 0.1) is 18.0 Å². The van der Waals surface area contributed by atoms with Crippen LogP contribution in [0.2, 0.25) is 5.15 Å². The summed E-state index contributed by atoms with van der Waals surface area (Å²) in [6.45, 7) is 4.29. The van der Waals surface area contributed by atoms with E-state index in [1.54, 1.807) is 31.6 Å². The van der Waals surface area contributed by atoms with Gasteiger partial charge in [-0.25, -0.2) is 9.97 Å². The Bertz CT molecular complexity index is 1090. The molecule has 0 aliphatic carbocycles. The Labute approximate surface area is 162 Å². The number of nitrogens with one attached hydrogen (secondary N) is 1. The minimum Gasteiger partial charge on any atom is -0.384 e. The lowest BCUT2D eigenvalue weighted by Crippen LogP contribution is -2.18. The summed E-state index contributed by atoms with van der Waals surface area (Å²) in [4.78, 5) is 23.5. The Morgan fingerprint density at radius 2 is 2.11 bits per heavy atom. The number of hydrogen-bond acceptors (Lipinski definition) is 4. The van der Waals surface area contributed by atoms with Crippen LogP contribution < -0.4 is 5.56 Å². The van der Waals surface area contributed by atoms with Crippen molar-refractivity contribution in [2.75, 3.05) is 13.7 Å². The van der Waals surface area contributed by atoms with E-state index < -0.39 is 0 Å². The summed E-state index contributed by atoms with van der Waals surface area (Å²) in [5.74, 6) is 6.90. The summed E-state index contributed by atoms with van der Waals surface area (Å²) in [6, 6.07) is 5.36. The standard InChI is InChI=1S/C20H19ClN4O2/c1-13-17(5-4-15-6-9-22-19(21)12-15)24-14(2)25(13)18-7-10-23-20(26)16(18)8-11-27-3/h6-7,9-10,12H,8,11H2,1-3H3,(H,23,26). The molecule has 0 spiro atoms. The molecule has 1 N–H and O–H groups in total. The van der Waals surface area contributed by atoms with Crippen LogP contribution in [0.1, 0.15) is 28.3 Å². The molecule has 3 heterocycles. The molecule has 0 aromatic carbocycles. The van der Waals surface area contributed by atoms with Crippen LogP contribution in [0.15, 0.2) is 35.4 Å². The van der Waals surface area contributed by atoms with Crippen molar-refractivity contribution in [2.45, 2.75) is 20.3 Å². The van der Waals surface area contributed by atoms with Gasteiger partial charge in [-0.05, 0) is 38.0 Å². The fourth-order valence-electron chi connectivity index (χ4n) is 2.88. The number of ether oxygens (including phenoxy) is 1. The average molecular weight is 383 g/mol. The molecule has 0 aliphatic heterocycles. The van der Waals surface area contributed by atoms with E-state index in [-0.39, 0.29) is 5.56 Å². The van der Waals surface area contributed by atoms with Crippen LogP contribution in [0.3, 0.4) is 0 Å². The third-order valence-corrected chi connectivity index (χ3v) is 4.37. The highest BCUT2D eigenvalue weighted by atomic mass is 35.5. The predicted molar refractivity (Wildman–Crippen MR) is 104 cm³/mol. The zero-order valence-corrected chi connectivity index (χ0v) is 16.1. The highest BCUT2D eigenvalue weighted by Gasteiger charge is 2.16. The minimum atomic E-state index is -0.129. The van der Waals surface area contributed by atoms with Crippen LogP contribution in [0.25, 0.3) is 5.69 Å². The lowest BCUT2D eigenvalue weighted by atomic mass is 10.1. The Balaban J connectivity index is 2.06. The van der Waals surface area contributed by atoms with Crippen molar-refractivity contribution >= 4 is 11.6 Å². The first-order valence-electron chi connectivity index (χ1n) is 8.40. The van der Waals surface area contributed by atoms with Crippen molar-refractivity contribution in [1.82, 2.24) is 19.5 Å². The van der Waals surface area contributed by atoms with Gasteiger partial charge in [-0.15, -0.1) is 0 Å². The molecule has 3 aromatic heterocycles. The highest BCUT2D eigenvalue weighted by molar-refractivity contribution is 6.29. The Hall–Kier alpha value is -2.88. The average Bonchev–Trinajstić information content (AvgIpc) is 2.92. The summed E-state index contributed by atoms with van der Waals surface area (Å²) in [5.41, 5.74) is 3.60. The quantitative estimate of drug-likeness (QED) is 0.556. The van der Waals surface area contributed by atoms with Gasteiger partial charge in [-0.2, -0.15) is 0 Å². The smallest absolute Gasteiger partial charge is 0.253 e. The number of nitrogens with zero attached hydrogens (tertiary/aromatic N) is 3. The lowest BCUT2D eigenvalue weighted by Gasteiger charge is -2.12. The number of H-pyrrole nitrogens is 1.